The molecule has 3 heterocycles. The number of aromatic nitrogens is 2. The third-order valence-electron chi connectivity index (χ3n) is 6.41. The van der Waals surface area contributed by atoms with Gasteiger partial charge in [0.1, 0.15) is 18.1 Å². The molecule has 0 saturated carbocycles. The Labute approximate surface area is 201 Å². The first-order chi connectivity index (χ1) is 16.4. The number of likely N-dealkylation sites (N-methyl/N-ethyl adjacent to an activating group) is 1. The second-order valence-corrected chi connectivity index (χ2v) is 8.31. The second-order valence-electron chi connectivity index (χ2n) is 8.31. The van der Waals surface area contributed by atoms with E-state index in [1.807, 2.05) is 59.2 Å². The van der Waals surface area contributed by atoms with Crippen molar-refractivity contribution in [2.45, 2.75) is 27.7 Å². The van der Waals surface area contributed by atoms with Crippen LogP contribution in [0.25, 0.3) is 16.8 Å². The van der Waals surface area contributed by atoms with Crippen molar-refractivity contribution in [2.75, 3.05) is 33.9 Å². The van der Waals surface area contributed by atoms with Gasteiger partial charge in [0.25, 0.3) is 5.91 Å². The highest BCUT2D eigenvalue weighted by molar-refractivity contribution is 6.02. The van der Waals surface area contributed by atoms with Crippen LogP contribution in [0.15, 0.2) is 59.5 Å². The van der Waals surface area contributed by atoms with Crippen LogP contribution in [-0.4, -0.2) is 59.8 Å². The summed E-state index contributed by atoms with van der Waals surface area (Å²) in [6.45, 7) is 9.51. The van der Waals surface area contributed by atoms with E-state index in [1.165, 1.54) is 0 Å². The third-order valence-corrected chi connectivity index (χ3v) is 6.41. The Morgan fingerprint density at radius 2 is 2.09 bits per heavy atom. The van der Waals surface area contributed by atoms with E-state index >= 15 is 0 Å². The zero-order valence-corrected chi connectivity index (χ0v) is 20.7. The quantitative estimate of drug-likeness (QED) is 0.633. The zero-order chi connectivity index (χ0) is 24.4. The maximum absolute atomic E-state index is 13.3. The number of methoxy groups -OCH3 is 1. The van der Waals surface area contributed by atoms with Gasteiger partial charge in [-0.05, 0) is 39.8 Å². The smallest absolute Gasteiger partial charge is 0.253 e. The minimum absolute atomic E-state index is 0.00850. The lowest BCUT2D eigenvalue weighted by Crippen LogP contribution is -2.36. The van der Waals surface area contributed by atoms with E-state index in [1.54, 1.807) is 12.0 Å². The van der Waals surface area contributed by atoms with Gasteiger partial charge in [0.05, 0.1) is 18.5 Å². The number of rotatable bonds is 6. The Hall–Kier alpha value is -3.74. The van der Waals surface area contributed by atoms with Gasteiger partial charge in [-0.1, -0.05) is 18.2 Å². The van der Waals surface area contributed by atoms with E-state index in [0.29, 0.717) is 31.0 Å². The molecule has 0 bridgehead atoms. The number of hydrogen-bond donors (Lipinski definition) is 1. The second kappa shape index (κ2) is 9.63. The predicted molar refractivity (Wildman–Crippen MR) is 134 cm³/mol. The van der Waals surface area contributed by atoms with E-state index in [4.69, 9.17) is 9.47 Å². The molecule has 4 rings (SSSR count). The lowest BCUT2D eigenvalue weighted by molar-refractivity contribution is -0.125. The molecular formula is C27H32N4O3. The minimum atomic E-state index is 0.00850. The molecule has 178 valence electrons. The normalized spacial score (nSPS) is 15.6. The fourth-order valence-corrected chi connectivity index (χ4v) is 4.48. The van der Waals surface area contributed by atoms with Crippen LogP contribution in [0, 0.1) is 6.92 Å². The summed E-state index contributed by atoms with van der Waals surface area (Å²) in [7, 11) is 3.49. The molecule has 0 unspecified atom stereocenters. The molecule has 2 aromatic rings. The molecule has 2 aliphatic heterocycles. The number of carbonyl (C=O) groups is 1. The summed E-state index contributed by atoms with van der Waals surface area (Å²) in [6, 6.07) is 4.02. The first-order valence-corrected chi connectivity index (χ1v) is 11.6. The molecule has 1 aromatic heterocycles. The van der Waals surface area contributed by atoms with Crippen LogP contribution < -0.4 is 9.47 Å². The van der Waals surface area contributed by atoms with Crippen LogP contribution in [0.4, 0.5) is 0 Å². The Kier molecular flexibility index (Phi) is 6.63. The number of nitrogens with one attached hydrogen (secondary N) is 1. The Balaban J connectivity index is 1.97. The number of hydrogen-bond acceptors (Lipinski definition) is 5. The fraction of sp³-hybridized carbons (Fsp3) is 0.333. The summed E-state index contributed by atoms with van der Waals surface area (Å²) in [5.74, 6) is 1.46. The first kappa shape index (κ1) is 23.4. The van der Waals surface area contributed by atoms with Gasteiger partial charge in [-0.15, -0.1) is 0 Å². The van der Waals surface area contributed by atoms with E-state index in [0.717, 1.165) is 45.1 Å². The van der Waals surface area contributed by atoms with Crippen molar-refractivity contribution >= 4 is 11.6 Å². The number of allylic oxidation sites excluding steroid dienone is 3. The SMILES string of the molecule is C/C=C\C(=C/C)N1CC=C(C(=O)N(C)CC)C2=C1c1cc(-c3c[nH]nc3C)c(OC)cc1OC2. The van der Waals surface area contributed by atoms with Crippen LogP contribution in [-0.2, 0) is 4.79 Å². The molecule has 1 N–H and O–H groups in total. The van der Waals surface area contributed by atoms with E-state index in [2.05, 4.69) is 33.3 Å². The summed E-state index contributed by atoms with van der Waals surface area (Å²) in [5.41, 5.74) is 7.35. The van der Waals surface area contributed by atoms with Crippen LogP contribution in [0.1, 0.15) is 32.0 Å². The third kappa shape index (κ3) is 3.91. The van der Waals surface area contributed by atoms with Gasteiger partial charge < -0.3 is 19.3 Å². The number of ether oxygens (including phenoxy) is 2. The number of fused-ring (bicyclic) bond motifs is 2. The summed E-state index contributed by atoms with van der Waals surface area (Å²) in [4.78, 5) is 17.2. The molecule has 0 fully saturated rings. The predicted octanol–water partition coefficient (Wildman–Crippen LogP) is 4.70. The Morgan fingerprint density at radius 1 is 1.29 bits per heavy atom. The molecule has 7 heteroatoms. The number of aryl methyl sites for hydroxylation is 1. The van der Waals surface area contributed by atoms with Gasteiger partial charge in [-0.3, -0.25) is 9.89 Å². The lowest BCUT2D eigenvalue weighted by Gasteiger charge is -2.38. The van der Waals surface area contributed by atoms with Crippen LogP contribution in [0.2, 0.25) is 0 Å². The highest BCUT2D eigenvalue weighted by atomic mass is 16.5. The fourth-order valence-electron chi connectivity index (χ4n) is 4.48. The minimum Gasteiger partial charge on any atom is -0.496 e. The molecule has 0 radical (unpaired) electrons. The molecule has 7 nitrogen and oxygen atoms in total. The van der Waals surface area contributed by atoms with Gasteiger partial charge >= 0.3 is 0 Å². The van der Waals surface area contributed by atoms with Crippen molar-refractivity contribution in [1.29, 1.82) is 0 Å². The van der Waals surface area contributed by atoms with Crippen molar-refractivity contribution in [2.24, 2.45) is 0 Å². The average molecular weight is 461 g/mol. The van der Waals surface area contributed by atoms with Crippen molar-refractivity contribution < 1.29 is 14.3 Å². The number of aromatic amines is 1. The van der Waals surface area contributed by atoms with Gasteiger partial charge in [-0.2, -0.15) is 5.10 Å². The van der Waals surface area contributed by atoms with Gasteiger partial charge in [-0.25, -0.2) is 0 Å². The van der Waals surface area contributed by atoms with Crippen molar-refractivity contribution in [3.05, 3.63) is 70.7 Å². The van der Waals surface area contributed by atoms with Crippen LogP contribution >= 0.6 is 0 Å². The number of carbonyl (C=O) groups excluding carboxylic acids is 1. The van der Waals surface area contributed by atoms with Gasteiger partial charge in [0.15, 0.2) is 0 Å². The van der Waals surface area contributed by atoms with E-state index in [9.17, 15) is 4.79 Å². The van der Waals surface area contributed by atoms with E-state index in [-0.39, 0.29) is 5.91 Å². The standard InChI is InChI=1S/C27H32N4O3/c1-7-10-18(8-2)31-12-11-19(27(32)30(5)9-3)23-16-34-25-14-24(33-6)20(13-21(25)26(23)31)22-15-28-29-17(22)4/h7-8,10-11,13-15H,9,12,16H2,1-6H3,(H,28,29)/b10-7-,18-8+. The molecule has 0 spiro atoms. The number of H-pyrrole nitrogens is 1. The van der Waals surface area contributed by atoms with E-state index < -0.39 is 0 Å². The monoisotopic (exact) mass is 460 g/mol. The molecule has 0 saturated heterocycles. The average Bonchev–Trinajstić information content (AvgIpc) is 3.30. The largest absolute Gasteiger partial charge is 0.496 e. The maximum atomic E-state index is 13.3. The summed E-state index contributed by atoms with van der Waals surface area (Å²) in [6.07, 6.45) is 10.1. The Morgan fingerprint density at radius 3 is 2.71 bits per heavy atom. The number of benzene rings is 1. The number of amides is 1. The summed E-state index contributed by atoms with van der Waals surface area (Å²) >= 11 is 0. The molecular weight excluding hydrogens is 428 g/mol. The topological polar surface area (TPSA) is 70.7 Å². The van der Waals surface area contributed by atoms with Gasteiger partial charge in [0.2, 0.25) is 0 Å². The number of nitrogens with zero attached hydrogens (tertiary/aromatic N) is 3. The molecule has 0 atom stereocenters. The molecule has 34 heavy (non-hydrogen) atoms. The van der Waals surface area contributed by atoms with Gasteiger partial charge in [0, 0.05) is 65.9 Å². The lowest BCUT2D eigenvalue weighted by atomic mass is 9.90. The van der Waals surface area contributed by atoms with Crippen LogP contribution in [0.5, 0.6) is 11.5 Å². The highest BCUT2D eigenvalue weighted by Crippen LogP contribution is 2.46. The van der Waals surface area contributed by atoms with Crippen molar-refractivity contribution in [1.82, 2.24) is 20.0 Å². The summed E-state index contributed by atoms with van der Waals surface area (Å²) in [5, 5.41) is 7.24. The maximum Gasteiger partial charge on any atom is 0.253 e. The van der Waals surface area contributed by atoms with Crippen molar-refractivity contribution in [3.8, 4) is 22.6 Å². The first-order valence-electron chi connectivity index (χ1n) is 11.6. The van der Waals surface area contributed by atoms with Crippen molar-refractivity contribution in [3.63, 3.8) is 0 Å². The highest BCUT2D eigenvalue weighted by Gasteiger charge is 2.34. The van der Waals surface area contributed by atoms with Crippen LogP contribution in [0.3, 0.4) is 0 Å². The molecule has 1 amide bonds. The molecule has 0 aliphatic carbocycles. The summed E-state index contributed by atoms with van der Waals surface area (Å²) < 4.78 is 11.9. The zero-order valence-electron chi connectivity index (χ0n) is 20.7. The molecule has 2 aliphatic rings. The molecule has 1 aromatic carbocycles. The Bertz CT molecular complexity index is 1230.